The zero-order chi connectivity index (χ0) is 12.0. The molecule has 1 rings (SSSR count). The van der Waals surface area contributed by atoms with E-state index in [1.54, 1.807) is 0 Å². The highest BCUT2D eigenvalue weighted by Crippen LogP contribution is 2.19. The fraction of sp³-hybridized carbons (Fsp3) is 0.538. The van der Waals surface area contributed by atoms with Crippen LogP contribution >= 0.6 is 0 Å². The Bertz CT molecular complexity index is 295. The van der Waals surface area contributed by atoms with Crippen LogP contribution in [0.2, 0.25) is 0 Å². The van der Waals surface area contributed by atoms with Gasteiger partial charge in [-0.1, -0.05) is 31.2 Å². The van der Waals surface area contributed by atoms with Gasteiger partial charge in [0.05, 0.1) is 0 Å². The summed E-state index contributed by atoms with van der Waals surface area (Å²) in [6, 6.07) is 7.90. The van der Waals surface area contributed by atoms with Crippen LogP contribution in [0, 0.1) is 0 Å². The topological polar surface area (TPSA) is 26.0 Å². The fourth-order valence-corrected chi connectivity index (χ4v) is 1.71. The lowest BCUT2D eigenvalue weighted by atomic mass is 9.96. The SMILES string of the molecule is CC(CCN)c1ccc(CCC(F)F)cc1. The van der Waals surface area contributed by atoms with Gasteiger partial charge in [0.15, 0.2) is 0 Å². The number of halogens is 2. The van der Waals surface area contributed by atoms with Crippen LogP contribution in [0.15, 0.2) is 24.3 Å². The zero-order valence-corrected chi connectivity index (χ0v) is 9.63. The van der Waals surface area contributed by atoms with Crippen LogP contribution in [0.5, 0.6) is 0 Å². The molecular formula is C13H19F2N. The van der Waals surface area contributed by atoms with E-state index in [-0.39, 0.29) is 6.42 Å². The quantitative estimate of drug-likeness (QED) is 0.792. The molecule has 1 nitrogen and oxygen atoms in total. The summed E-state index contributed by atoms with van der Waals surface area (Å²) in [5, 5.41) is 0. The second kappa shape index (κ2) is 6.59. The summed E-state index contributed by atoms with van der Waals surface area (Å²) in [6.45, 7) is 2.80. The molecule has 1 aromatic rings. The van der Waals surface area contributed by atoms with Crippen molar-refractivity contribution < 1.29 is 8.78 Å². The minimum Gasteiger partial charge on any atom is -0.330 e. The van der Waals surface area contributed by atoms with E-state index in [2.05, 4.69) is 6.92 Å². The summed E-state index contributed by atoms with van der Waals surface area (Å²) in [5.41, 5.74) is 7.70. The maximum Gasteiger partial charge on any atom is 0.239 e. The molecule has 2 N–H and O–H groups in total. The average molecular weight is 227 g/mol. The van der Waals surface area contributed by atoms with Gasteiger partial charge in [0.25, 0.3) is 0 Å². The summed E-state index contributed by atoms with van der Waals surface area (Å²) in [6.07, 6.45) is -0.868. The van der Waals surface area contributed by atoms with E-state index in [0.717, 1.165) is 12.0 Å². The normalized spacial score (nSPS) is 13.1. The summed E-state index contributed by atoms with van der Waals surface area (Å²) in [7, 11) is 0. The Labute approximate surface area is 95.7 Å². The lowest BCUT2D eigenvalue weighted by molar-refractivity contribution is 0.138. The van der Waals surface area contributed by atoms with E-state index >= 15 is 0 Å². The molecule has 0 bridgehead atoms. The Hall–Kier alpha value is -0.960. The number of hydrogen-bond donors (Lipinski definition) is 1. The summed E-state index contributed by atoms with van der Waals surface area (Å²) < 4.78 is 24.0. The third kappa shape index (κ3) is 4.27. The molecule has 0 fully saturated rings. The molecule has 90 valence electrons. The Morgan fingerprint density at radius 2 is 1.75 bits per heavy atom. The first kappa shape index (κ1) is 13.1. The Balaban J connectivity index is 2.53. The highest BCUT2D eigenvalue weighted by atomic mass is 19.3. The lowest BCUT2D eigenvalue weighted by Crippen LogP contribution is -2.04. The molecule has 0 saturated heterocycles. The molecule has 0 amide bonds. The molecule has 0 radical (unpaired) electrons. The van der Waals surface area contributed by atoms with E-state index in [4.69, 9.17) is 5.73 Å². The first-order chi connectivity index (χ1) is 7.63. The summed E-state index contributed by atoms with van der Waals surface area (Å²) in [5.74, 6) is 0.439. The molecule has 0 spiro atoms. The predicted molar refractivity (Wildman–Crippen MR) is 62.9 cm³/mol. The van der Waals surface area contributed by atoms with Crippen LogP contribution in [0.1, 0.15) is 36.8 Å². The average Bonchev–Trinajstić information content (AvgIpc) is 2.27. The van der Waals surface area contributed by atoms with E-state index in [0.29, 0.717) is 18.9 Å². The standard InChI is InChI=1S/C13H19F2N/c1-10(8-9-16)12-5-2-11(3-6-12)4-7-13(14)15/h2-3,5-6,10,13H,4,7-9,16H2,1H3. The molecule has 0 aromatic heterocycles. The number of nitrogens with two attached hydrogens (primary N) is 1. The maximum absolute atomic E-state index is 12.0. The minimum absolute atomic E-state index is 0.0578. The Kier molecular flexibility index (Phi) is 5.39. The summed E-state index contributed by atoms with van der Waals surface area (Å²) >= 11 is 0. The molecule has 1 atom stereocenters. The van der Waals surface area contributed by atoms with Gasteiger partial charge in [-0.05, 0) is 36.4 Å². The molecule has 0 aliphatic heterocycles. The lowest BCUT2D eigenvalue weighted by Gasteiger charge is -2.11. The maximum atomic E-state index is 12.0. The zero-order valence-electron chi connectivity index (χ0n) is 9.63. The van der Waals surface area contributed by atoms with Gasteiger partial charge < -0.3 is 5.73 Å². The van der Waals surface area contributed by atoms with Gasteiger partial charge in [-0.15, -0.1) is 0 Å². The second-order valence-corrected chi connectivity index (χ2v) is 4.15. The van der Waals surface area contributed by atoms with Crippen LogP contribution in [0.25, 0.3) is 0 Å². The van der Waals surface area contributed by atoms with E-state index in [1.807, 2.05) is 24.3 Å². The number of aryl methyl sites for hydroxylation is 1. The van der Waals surface area contributed by atoms with Crippen molar-refractivity contribution in [1.29, 1.82) is 0 Å². The molecule has 0 saturated carbocycles. The van der Waals surface area contributed by atoms with Crippen LogP contribution in [0.3, 0.4) is 0 Å². The number of benzene rings is 1. The third-order valence-corrected chi connectivity index (χ3v) is 2.80. The Morgan fingerprint density at radius 1 is 1.12 bits per heavy atom. The first-order valence-electron chi connectivity index (χ1n) is 5.70. The van der Waals surface area contributed by atoms with Crippen molar-refractivity contribution in [3.05, 3.63) is 35.4 Å². The molecule has 0 aliphatic rings. The van der Waals surface area contributed by atoms with Gasteiger partial charge in [0, 0.05) is 6.42 Å². The van der Waals surface area contributed by atoms with Crippen LogP contribution < -0.4 is 5.73 Å². The fourth-order valence-electron chi connectivity index (χ4n) is 1.71. The Morgan fingerprint density at radius 3 is 2.25 bits per heavy atom. The molecule has 16 heavy (non-hydrogen) atoms. The van der Waals surface area contributed by atoms with Gasteiger partial charge in [-0.3, -0.25) is 0 Å². The molecular weight excluding hydrogens is 208 g/mol. The van der Waals surface area contributed by atoms with Crippen molar-refractivity contribution in [3.8, 4) is 0 Å². The highest BCUT2D eigenvalue weighted by Gasteiger charge is 2.06. The minimum atomic E-state index is -2.21. The van der Waals surface area contributed by atoms with Gasteiger partial charge in [0.2, 0.25) is 6.43 Å². The largest absolute Gasteiger partial charge is 0.330 e. The molecule has 0 aliphatic carbocycles. The van der Waals surface area contributed by atoms with Gasteiger partial charge >= 0.3 is 0 Å². The first-order valence-corrected chi connectivity index (χ1v) is 5.70. The van der Waals surface area contributed by atoms with Gasteiger partial charge in [-0.25, -0.2) is 8.78 Å². The highest BCUT2D eigenvalue weighted by molar-refractivity contribution is 5.25. The van der Waals surface area contributed by atoms with Crippen molar-refractivity contribution in [2.75, 3.05) is 6.54 Å². The number of alkyl halides is 2. The van der Waals surface area contributed by atoms with Crippen molar-refractivity contribution >= 4 is 0 Å². The van der Waals surface area contributed by atoms with Gasteiger partial charge in [0.1, 0.15) is 0 Å². The van der Waals surface area contributed by atoms with Crippen LogP contribution in [0.4, 0.5) is 8.78 Å². The molecule has 1 unspecified atom stereocenters. The van der Waals surface area contributed by atoms with E-state index < -0.39 is 6.43 Å². The van der Waals surface area contributed by atoms with E-state index in [9.17, 15) is 8.78 Å². The summed E-state index contributed by atoms with van der Waals surface area (Å²) in [4.78, 5) is 0. The molecule has 1 aromatic carbocycles. The monoisotopic (exact) mass is 227 g/mol. The van der Waals surface area contributed by atoms with Crippen molar-refractivity contribution in [3.63, 3.8) is 0 Å². The van der Waals surface area contributed by atoms with Crippen LogP contribution in [-0.4, -0.2) is 13.0 Å². The van der Waals surface area contributed by atoms with Crippen molar-refractivity contribution in [2.24, 2.45) is 5.73 Å². The van der Waals surface area contributed by atoms with Crippen molar-refractivity contribution in [2.45, 2.75) is 38.5 Å². The smallest absolute Gasteiger partial charge is 0.239 e. The van der Waals surface area contributed by atoms with E-state index in [1.165, 1.54) is 5.56 Å². The van der Waals surface area contributed by atoms with Crippen LogP contribution in [-0.2, 0) is 6.42 Å². The van der Waals surface area contributed by atoms with Crippen molar-refractivity contribution in [1.82, 2.24) is 0 Å². The molecule has 0 heterocycles. The predicted octanol–water partition coefficient (Wildman–Crippen LogP) is 3.34. The second-order valence-electron chi connectivity index (χ2n) is 4.15. The number of rotatable bonds is 6. The third-order valence-electron chi connectivity index (χ3n) is 2.80. The van der Waals surface area contributed by atoms with Gasteiger partial charge in [-0.2, -0.15) is 0 Å². The number of hydrogen-bond acceptors (Lipinski definition) is 1. The molecule has 3 heteroatoms.